The van der Waals surface area contributed by atoms with E-state index in [1.165, 1.54) is 0 Å². The Bertz CT molecular complexity index is 773. The average molecular weight is 419 g/mol. The van der Waals surface area contributed by atoms with Crippen LogP contribution in [0.3, 0.4) is 0 Å². The fraction of sp³-hybridized carbons (Fsp3) is 0.826. The first-order chi connectivity index (χ1) is 13.9. The van der Waals surface area contributed by atoms with E-state index in [0.29, 0.717) is 24.4 Å². The summed E-state index contributed by atoms with van der Waals surface area (Å²) >= 11 is 0. The molecule has 0 aliphatic carbocycles. The number of aromatic nitrogens is 6. The third-order valence-electron chi connectivity index (χ3n) is 6.17. The van der Waals surface area contributed by atoms with Gasteiger partial charge >= 0.3 is 0 Å². The minimum Gasteiger partial charge on any atom is -0.375 e. The van der Waals surface area contributed by atoms with E-state index in [0.717, 1.165) is 37.3 Å². The van der Waals surface area contributed by atoms with Crippen molar-refractivity contribution in [2.24, 2.45) is 11.3 Å². The van der Waals surface area contributed by atoms with Gasteiger partial charge in [0.15, 0.2) is 0 Å². The Morgan fingerprint density at radius 2 is 1.53 bits per heavy atom. The van der Waals surface area contributed by atoms with Gasteiger partial charge in [-0.2, -0.15) is 0 Å². The minimum absolute atomic E-state index is 0.179. The van der Waals surface area contributed by atoms with Crippen molar-refractivity contribution >= 4 is 0 Å². The van der Waals surface area contributed by atoms with E-state index in [4.69, 9.17) is 4.74 Å². The highest BCUT2D eigenvalue weighted by molar-refractivity contribution is 5.04. The van der Waals surface area contributed by atoms with E-state index in [1.807, 2.05) is 9.36 Å². The van der Waals surface area contributed by atoms with Crippen molar-refractivity contribution in [3.05, 3.63) is 23.8 Å². The molecule has 0 N–H and O–H groups in total. The number of hydrogen-bond acceptors (Lipinski definition) is 5. The smallest absolute Gasteiger partial charge is 0.0860 e. The van der Waals surface area contributed by atoms with Gasteiger partial charge in [-0.3, -0.25) is 9.36 Å². The molecule has 2 aromatic rings. The molecule has 0 aliphatic heterocycles. The Balaban J connectivity index is 1.80. The van der Waals surface area contributed by atoms with Crippen LogP contribution in [-0.2, 0) is 17.8 Å². The summed E-state index contributed by atoms with van der Waals surface area (Å²) in [5.74, 6) is 1.18. The highest BCUT2D eigenvalue weighted by Gasteiger charge is 2.25. The summed E-state index contributed by atoms with van der Waals surface area (Å²) in [5, 5.41) is 17.3. The van der Waals surface area contributed by atoms with Crippen LogP contribution in [0.4, 0.5) is 0 Å². The predicted molar refractivity (Wildman–Crippen MR) is 120 cm³/mol. The summed E-state index contributed by atoms with van der Waals surface area (Å²) in [6.45, 7) is 22.1. The summed E-state index contributed by atoms with van der Waals surface area (Å²) in [4.78, 5) is 0. The maximum absolute atomic E-state index is 6.25. The Hall–Kier alpha value is -1.76. The minimum atomic E-state index is -0.222. The van der Waals surface area contributed by atoms with Crippen LogP contribution in [0.1, 0.15) is 98.4 Å². The summed E-state index contributed by atoms with van der Waals surface area (Å²) in [6, 6.07) is 0. The Morgan fingerprint density at radius 3 is 2.17 bits per heavy atom. The molecule has 2 rings (SSSR count). The Labute approximate surface area is 182 Å². The van der Waals surface area contributed by atoms with Crippen molar-refractivity contribution in [1.82, 2.24) is 30.0 Å². The van der Waals surface area contributed by atoms with Gasteiger partial charge in [-0.05, 0) is 38.0 Å². The van der Waals surface area contributed by atoms with Crippen molar-refractivity contribution in [2.75, 3.05) is 6.61 Å². The maximum Gasteiger partial charge on any atom is 0.0860 e. The van der Waals surface area contributed by atoms with E-state index < -0.39 is 0 Å². The van der Waals surface area contributed by atoms with E-state index in [9.17, 15) is 0 Å². The Kier molecular flexibility index (Phi) is 8.20. The second kappa shape index (κ2) is 10.0. The van der Waals surface area contributed by atoms with Gasteiger partial charge in [-0.25, -0.2) is 0 Å². The lowest BCUT2D eigenvalue weighted by atomic mass is 9.80. The molecule has 0 spiro atoms. The number of ether oxygens (including phenoxy) is 1. The predicted octanol–water partition coefficient (Wildman–Crippen LogP) is 5.05. The molecule has 30 heavy (non-hydrogen) atoms. The Morgan fingerprint density at radius 1 is 0.933 bits per heavy atom. The van der Waals surface area contributed by atoms with Gasteiger partial charge in [-0.15, -0.1) is 10.2 Å². The van der Waals surface area contributed by atoms with Crippen LogP contribution in [-0.4, -0.2) is 42.2 Å². The normalized spacial score (nSPS) is 15.9. The number of nitrogens with zero attached hydrogens (tertiary/aromatic N) is 6. The fourth-order valence-electron chi connectivity index (χ4n) is 3.10. The van der Waals surface area contributed by atoms with E-state index >= 15 is 0 Å². The number of rotatable bonds is 11. The molecule has 2 aromatic heterocycles. The van der Waals surface area contributed by atoms with E-state index in [1.54, 1.807) is 0 Å². The molecule has 2 heterocycles. The van der Waals surface area contributed by atoms with Crippen molar-refractivity contribution in [3.63, 3.8) is 0 Å². The molecule has 0 aliphatic rings. The summed E-state index contributed by atoms with van der Waals surface area (Å²) in [5.41, 5.74) is 2.08. The maximum atomic E-state index is 6.25. The van der Waals surface area contributed by atoms with Crippen LogP contribution in [0.2, 0.25) is 0 Å². The standard InChI is InChI=1S/C23H42N6O/c1-10-18(3)20-14-29(27-24-20)13-17(2)16-30-23(8,9)11-12-28-15-21(25-26-28)19(4)22(5,6)7/h14-15,17-19H,10-13,16H2,1-9H3. The van der Waals surface area contributed by atoms with Crippen LogP contribution < -0.4 is 0 Å². The second-order valence-corrected chi connectivity index (χ2v) is 10.6. The first-order valence-electron chi connectivity index (χ1n) is 11.3. The molecule has 0 saturated heterocycles. The van der Waals surface area contributed by atoms with Gasteiger partial charge in [-0.1, -0.05) is 58.9 Å². The molecule has 170 valence electrons. The van der Waals surface area contributed by atoms with E-state index in [-0.39, 0.29) is 11.0 Å². The zero-order valence-electron chi connectivity index (χ0n) is 20.5. The fourth-order valence-corrected chi connectivity index (χ4v) is 3.10. The van der Waals surface area contributed by atoms with Gasteiger partial charge in [0.2, 0.25) is 0 Å². The van der Waals surface area contributed by atoms with Crippen LogP contribution in [0.25, 0.3) is 0 Å². The molecular weight excluding hydrogens is 376 g/mol. The molecule has 7 heteroatoms. The van der Waals surface area contributed by atoms with Gasteiger partial charge < -0.3 is 4.74 Å². The molecule has 0 saturated carbocycles. The SMILES string of the molecule is CCC(C)c1cn(CC(C)COC(C)(C)CCn2cc(C(C)C(C)(C)C)nn2)nn1. The lowest BCUT2D eigenvalue weighted by Crippen LogP contribution is -2.29. The van der Waals surface area contributed by atoms with Crippen LogP contribution in [0.5, 0.6) is 0 Å². The molecule has 0 fully saturated rings. The molecule has 0 bridgehead atoms. The van der Waals surface area contributed by atoms with E-state index in [2.05, 4.69) is 95.3 Å². The van der Waals surface area contributed by atoms with Crippen molar-refractivity contribution in [3.8, 4) is 0 Å². The van der Waals surface area contributed by atoms with Crippen molar-refractivity contribution in [1.29, 1.82) is 0 Å². The zero-order chi connectivity index (χ0) is 22.5. The zero-order valence-corrected chi connectivity index (χ0v) is 20.5. The van der Waals surface area contributed by atoms with Crippen LogP contribution in [0.15, 0.2) is 12.4 Å². The lowest BCUT2D eigenvalue weighted by molar-refractivity contribution is -0.0436. The summed E-state index contributed by atoms with van der Waals surface area (Å²) in [6.07, 6.45) is 6.10. The molecule has 7 nitrogen and oxygen atoms in total. The van der Waals surface area contributed by atoms with Gasteiger partial charge in [0.25, 0.3) is 0 Å². The molecule has 0 amide bonds. The highest BCUT2D eigenvalue weighted by Crippen LogP contribution is 2.33. The monoisotopic (exact) mass is 418 g/mol. The first-order valence-corrected chi connectivity index (χ1v) is 11.3. The number of aryl methyl sites for hydroxylation is 1. The van der Waals surface area contributed by atoms with Crippen molar-refractivity contribution in [2.45, 2.75) is 106 Å². The summed E-state index contributed by atoms with van der Waals surface area (Å²) < 4.78 is 10.1. The van der Waals surface area contributed by atoms with Crippen LogP contribution >= 0.6 is 0 Å². The highest BCUT2D eigenvalue weighted by atomic mass is 16.5. The van der Waals surface area contributed by atoms with Crippen LogP contribution in [0, 0.1) is 11.3 Å². The quantitative estimate of drug-likeness (QED) is 0.510. The lowest BCUT2D eigenvalue weighted by Gasteiger charge is -2.27. The second-order valence-electron chi connectivity index (χ2n) is 10.6. The average Bonchev–Trinajstić information content (AvgIpc) is 3.32. The van der Waals surface area contributed by atoms with Gasteiger partial charge in [0, 0.05) is 37.3 Å². The third-order valence-corrected chi connectivity index (χ3v) is 6.17. The molecule has 3 unspecified atom stereocenters. The van der Waals surface area contributed by atoms with Gasteiger partial charge in [0.05, 0.1) is 23.6 Å². The van der Waals surface area contributed by atoms with Crippen molar-refractivity contribution < 1.29 is 4.74 Å². The largest absolute Gasteiger partial charge is 0.375 e. The molecule has 3 atom stereocenters. The topological polar surface area (TPSA) is 70.7 Å². The summed E-state index contributed by atoms with van der Waals surface area (Å²) in [7, 11) is 0. The van der Waals surface area contributed by atoms with Gasteiger partial charge in [0.1, 0.15) is 0 Å². The molecule has 0 aromatic carbocycles. The molecular formula is C23H42N6O. The first kappa shape index (κ1) is 24.5. The third kappa shape index (κ3) is 7.18. The molecule has 0 radical (unpaired) electrons. The number of hydrogen-bond donors (Lipinski definition) is 0.